The number of fused-ring (bicyclic) bond motifs is 1. The highest BCUT2D eigenvalue weighted by molar-refractivity contribution is 7.71. The van der Waals surface area contributed by atoms with Crippen LogP contribution in [0.3, 0.4) is 0 Å². The van der Waals surface area contributed by atoms with Gasteiger partial charge in [-0.15, -0.1) is 10.4 Å². The van der Waals surface area contributed by atoms with Crippen LogP contribution < -0.4 is 0 Å². The molecule has 0 atom stereocenters. The molecule has 0 saturated carbocycles. The number of hydrogen-bond donors (Lipinski definition) is 1. The lowest BCUT2D eigenvalue weighted by atomic mass is 10.0. The Labute approximate surface area is 97.0 Å². The minimum Gasteiger partial charge on any atom is -0.363 e. The molecule has 2 aliphatic rings. The van der Waals surface area contributed by atoms with Crippen LogP contribution in [-0.4, -0.2) is 10.4 Å². The molecule has 1 N–H and O–H groups in total. The standard InChI is InChI=1S/C12H7N2OS/c16-12-7-11-10(13-14-15-11)6-9(12)8-4-2-1-3-5-8/h1-5,7,14H. The first-order valence-electron chi connectivity index (χ1n) is 4.80. The lowest BCUT2D eigenvalue weighted by molar-refractivity contribution is 0.407. The Balaban J connectivity index is 2.29. The second-order valence-electron chi connectivity index (χ2n) is 3.39. The maximum atomic E-state index is 5.29. The fraction of sp³-hybridized carbons (Fsp3) is 0. The van der Waals surface area contributed by atoms with Crippen molar-refractivity contribution in [2.75, 3.05) is 0 Å². The predicted octanol–water partition coefficient (Wildman–Crippen LogP) is 3.30. The van der Waals surface area contributed by atoms with E-state index < -0.39 is 0 Å². The van der Waals surface area contributed by atoms with Gasteiger partial charge in [0.25, 0.3) is 0 Å². The van der Waals surface area contributed by atoms with Gasteiger partial charge in [0.15, 0.2) is 5.76 Å². The quantitative estimate of drug-likeness (QED) is 0.648. The first kappa shape index (κ1) is 9.30. The summed E-state index contributed by atoms with van der Waals surface area (Å²) in [5, 5.41) is 6.39. The zero-order valence-corrected chi connectivity index (χ0v) is 9.04. The fourth-order valence-corrected chi connectivity index (χ4v) is 1.87. The summed E-state index contributed by atoms with van der Waals surface area (Å²) in [6.45, 7) is 0. The lowest BCUT2D eigenvalue weighted by Gasteiger charge is -2.01. The second kappa shape index (κ2) is 3.57. The van der Waals surface area contributed by atoms with Crippen molar-refractivity contribution in [2.45, 2.75) is 0 Å². The van der Waals surface area contributed by atoms with Crippen molar-refractivity contribution in [1.82, 2.24) is 10.4 Å². The molecule has 16 heavy (non-hydrogen) atoms. The molecule has 77 valence electrons. The minimum absolute atomic E-state index is 0.629. The second-order valence-corrected chi connectivity index (χ2v) is 3.83. The van der Waals surface area contributed by atoms with Crippen LogP contribution in [0, 0.1) is 10.6 Å². The highest BCUT2D eigenvalue weighted by Gasteiger charge is 2.11. The maximum Gasteiger partial charge on any atom is 0.186 e. The predicted molar refractivity (Wildman–Crippen MR) is 62.6 cm³/mol. The molecule has 0 unspecified atom stereocenters. The molecule has 1 aliphatic heterocycles. The van der Waals surface area contributed by atoms with Gasteiger partial charge in [-0.2, -0.15) is 0 Å². The monoisotopic (exact) mass is 227 g/mol. The van der Waals surface area contributed by atoms with Crippen LogP contribution in [0.5, 0.6) is 0 Å². The number of H-pyrrole nitrogens is 1. The number of rotatable bonds is 1. The van der Waals surface area contributed by atoms with Gasteiger partial charge in [0, 0.05) is 17.7 Å². The molecular weight excluding hydrogens is 220 g/mol. The Morgan fingerprint density at radius 1 is 1.25 bits per heavy atom. The van der Waals surface area contributed by atoms with Crippen molar-refractivity contribution in [3.8, 4) is 22.6 Å². The molecule has 3 rings (SSSR count). The number of aromatic amines is 1. The van der Waals surface area contributed by atoms with Crippen LogP contribution in [0.15, 0.2) is 40.9 Å². The Hall–Kier alpha value is -1.94. The molecule has 0 saturated heterocycles. The van der Waals surface area contributed by atoms with Gasteiger partial charge in [-0.25, -0.2) is 0 Å². The van der Waals surface area contributed by atoms with E-state index >= 15 is 0 Å². The van der Waals surface area contributed by atoms with Gasteiger partial charge in [-0.05, 0) is 5.56 Å². The molecule has 1 aromatic carbocycles. The normalized spacial score (nSPS) is 10.8. The summed E-state index contributed by atoms with van der Waals surface area (Å²) >= 11 is 5.29. The van der Waals surface area contributed by atoms with Crippen LogP contribution in [-0.2, 0) is 0 Å². The first-order chi connectivity index (χ1) is 7.84. The lowest BCUT2D eigenvalue weighted by Crippen LogP contribution is -1.84. The van der Waals surface area contributed by atoms with Gasteiger partial charge in [-0.3, -0.25) is 0 Å². The molecule has 4 heteroatoms. The summed E-state index contributed by atoms with van der Waals surface area (Å²) in [7, 11) is 0. The number of hydrogen-bond acceptors (Lipinski definition) is 3. The van der Waals surface area contributed by atoms with Crippen LogP contribution >= 0.6 is 12.2 Å². The Kier molecular flexibility index (Phi) is 2.08. The van der Waals surface area contributed by atoms with Crippen LogP contribution in [0.25, 0.3) is 22.6 Å². The molecule has 1 heterocycles. The SMILES string of the molecule is S=c1cc2o[nH]nc-2[c]c1-c1ccccc1. The van der Waals surface area contributed by atoms with E-state index in [4.69, 9.17) is 16.7 Å². The van der Waals surface area contributed by atoms with E-state index in [9.17, 15) is 0 Å². The summed E-state index contributed by atoms with van der Waals surface area (Å²) in [6, 6.07) is 14.8. The Morgan fingerprint density at radius 2 is 2.06 bits per heavy atom. The Bertz CT molecular complexity index is 642. The van der Waals surface area contributed by atoms with Crippen molar-refractivity contribution in [3.05, 3.63) is 47.0 Å². The Morgan fingerprint density at radius 3 is 2.88 bits per heavy atom. The van der Waals surface area contributed by atoms with Crippen molar-refractivity contribution in [1.29, 1.82) is 0 Å². The number of nitrogens with zero attached hydrogens (tertiary/aromatic N) is 1. The molecule has 0 amide bonds. The number of aromatic nitrogens is 2. The molecule has 0 fully saturated rings. The zero-order chi connectivity index (χ0) is 11.0. The van der Waals surface area contributed by atoms with E-state index in [1.807, 2.05) is 30.3 Å². The summed E-state index contributed by atoms with van der Waals surface area (Å²) in [4.78, 5) is 0. The third-order valence-electron chi connectivity index (χ3n) is 2.36. The highest BCUT2D eigenvalue weighted by atomic mass is 32.1. The number of nitrogens with one attached hydrogen (secondary N) is 1. The van der Waals surface area contributed by atoms with E-state index in [2.05, 4.69) is 16.4 Å². The van der Waals surface area contributed by atoms with Crippen molar-refractivity contribution in [2.24, 2.45) is 0 Å². The van der Waals surface area contributed by atoms with Gasteiger partial charge in [0.05, 0.1) is 4.51 Å². The van der Waals surface area contributed by atoms with Crippen LogP contribution in [0.4, 0.5) is 0 Å². The van der Waals surface area contributed by atoms with E-state index in [0.29, 0.717) is 16.0 Å². The highest BCUT2D eigenvalue weighted by Crippen LogP contribution is 2.27. The zero-order valence-electron chi connectivity index (χ0n) is 8.23. The van der Waals surface area contributed by atoms with E-state index in [-0.39, 0.29) is 0 Å². The summed E-state index contributed by atoms with van der Waals surface area (Å²) < 4.78 is 5.77. The molecule has 0 spiro atoms. The molecule has 1 aliphatic carbocycles. The maximum absolute atomic E-state index is 5.29. The molecule has 0 aromatic heterocycles. The summed E-state index contributed by atoms with van der Waals surface area (Å²) in [5.74, 6) is 0.629. The average Bonchev–Trinajstić information content (AvgIpc) is 2.76. The molecule has 3 nitrogen and oxygen atoms in total. The first-order valence-corrected chi connectivity index (χ1v) is 5.21. The summed E-state index contributed by atoms with van der Waals surface area (Å²) in [5.41, 5.74) is 2.58. The molecule has 1 radical (unpaired) electrons. The summed E-state index contributed by atoms with van der Waals surface area (Å²) in [6.07, 6.45) is 0. The van der Waals surface area contributed by atoms with Gasteiger partial charge in [0.1, 0.15) is 5.69 Å². The van der Waals surface area contributed by atoms with Gasteiger partial charge in [-0.1, -0.05) is 42.5 Å². The van der Waals surface area contributed by atoms with Gasteiger partial charge in [0.2, 0.25) is 0 Å². The van der Waals surface area contributed by atoms with E-state index in [1.165, 1.54) is 0 Å². The topological polar surface area (TPSA) is 41.8 Å². The van der Waals surface area contributed by atoms with Crippen molar-refractivity contribution in [3.63, 3.8) is 0 Å². The molecule has 1 aromatic rings. The third-order valence-corrected chi connectivity index (χ3v) is 2.68. The number of benzene rings is 2. The third kappa shape index (κ3) is 1.44. The largest absolute Gasteiger partial charge is 0.363 e. The van der Waals surface area contributed by atoms with Gasteiger partial charge >= 0.3 is 0 Å². The van der Waals surface area contributed by atoms with Crippen LogP contribution in [0.2, 0.25) is 0 Å². The van der Waals surface area contributed by atoms with E-state index in [0.717, 1.165) is 11.1 Å². The average molecular weight is 227 g/mol. The van der Waals surface area contributed by atoms with E-state index in [1.54, 1.807) is 6.07 Å². The fourth-order valence-electron chi connectivity index (χ4n) is 1.60. The molecule has 0 bridgehead atoms. The minimum atomic E-state index is 0.629. The van der Waals surface area contributed by atoms with Gasteiger partial charge < -0.3 is 4.52 Å². The van der Waals surface area contributed by atoms with Crippen molar-refractivity contribution < 1.29 is 4.52 Å². The van der Waals surface area contributed by atoms with Crippen molar-refractivity contribution >= 4 is 12.2 Å². The smallest absolute Gasteiger partial charge is 0.186 e. The van der Waals surface area contributed by atoms with Crippen LogP contribution in [0.1, 0.15) is 0 Å². The molecular formula is C12H7N2OS.